The minimum Gasteiger partial charge on any atom is -0.465 e. The molecule has 1 aromatic carbocycles. The number of ether oxygens (including phenoxy) is 1. The Morgan fingerprint density at radius 1 is 1.24 bits per heavy atom. The summed E-state index contributed by atoms with van der Waals surface area (Å²) in [7, 11) is 1.35. The number of urea groups is 1. The van der Waals surface area contributed by atoms with Crippen molar-refractivity contribution in [2.24, 2.45) is 5.92 Å². The van der Waals surface area contributed by atoms with Crippen molar-refractivity contribution in [2.45, 2.75) is 32.9 Å². The van der Waals surface area contributed by atoms with E-state index in [1.54, 1.807) is 0 Å². The molecule has 0 saturated carbocycles. The van der Waals surface area contributed by atoms with Crippen LogP contribution in [0.3, 0.4) is 0 Å². The quantitative estimate of drug-likeness (QED) is 0.635. The van der Waals surface area contributed by atoms with Gasteiger partial charge in [0.05, 0.1) is 7.11 Å². The third-order valence-corrected chi connectivity index (χ3v) is 4.25. The molecule has 1 aliphatic heterocycles. The van der Waals surface area contributed by atoms with E-state index in [4.69, 9.17) is 4.74 Å². The molecule has 1 heterocycles. The van der Waals surface area contributed by atoms with Crippen LogP contribution in [-0.4, -0.2) is 44.1 Å². The van der Waals surface area contributed by atoms with E-state index in [9.17, 15) is 14.4 Å². The summed E-state index contributed by atoms with van der Waals surface area (Å²) >= 11 is 0. The highest BCUT2D eigenvalue weighted by atomic mass is 16.5. The molecule has 136 valence electrons. The van der Waals surface area contributed by atoms with Crippen LogP contribution in [0.15, 0.2) is 24.3 Å². The predicted molar refractivity (Wildman–Crippen MR) is 91.9 cm³/mol. The van der Waals surface area contributed by atoms with E-state index in [0.717, 1.165) is 16.0 Å². The molecule has 7 heteroatoms. The Balaban J connectivity index is 2.01. The van der Waals surface area contributed by atoms with Gasteiger partial charge in [-0.15, -0.1) is 0 Å². The third-order valence-electron chi connectivity index (χ3n) is 4.25. The highest BCUT2D eigenvalue weighted by molar-refractivity contribution is 5.94. The van der Waals surface area contributed by atoms with Gasteiger partial charge in [-0.25, -0.2) is 9.59 Å². The molecule has 3 N–H and O–H groups in total. The van der Waals surface area contributed by atoms with Gasteiger partial charge < -0.3 is 15.0 Å². The van der Waals surface area contributed by atoms with Gasteiger partial charge >= 0.3 is 12.0 Å². The zero-order chi connectivity index (χ0) is 18.4. The molecule has 7 nitrogen and oxygen atoms in total. The molecule has 1 aliphatic rings. The first-order chi connectivity index (χ1) is 11.9. The molecule has 0 saturated heterocycles. The maximum atomic E-state index is 12.2. The van der Waals surface area contributed by atoms with E-state index >= 15 is 0 Å². The number of carbonyl (C=O) groups is 3. The standard InChI is InChI=1S/C18H25N3O4/c1-12(2)9-19-18(24)20-16(22)11-21-10-14-7-5-4-6-13(14)8-15(21)17(23)25-3/h4-7,12,15H,8-11H2,1-3H3,(H2,19,20,22,24)/p+1/t15-/m1/s1. The lowest BCUT2D eigenvalue weighted by molar-refractivity contribution is -0.924. The highest BCUT2D eigenvalue weighted by Crippen LogP contribution is 2.14. The van der Waals surface area contributed by atoms with Crippen molar-refractivity contribution in [1.29, 1.82) is 0 Å². The summed E-state index contributed by atoms with van der Waals surface area (Å²) in [4.78, 5) is 36.8. The van der Waals surface area contributed by atoms with Crippen molar-refractivity contribution in [3.8, 4) is 0 Å². The summed E-state index contributed by atoms with van der Waals surface area (Å²) in [6.45, 7) is 5.00. The molecule has 2 atom stereocenters. The number of carbonyl (C=O) groups excluding carboxylic acids is 3. The first-order valence-electron chi connectivity index (χ1n) is 8.47. The molecule has 0 radical (unpaired) electrons. The van der Waals surface area contributed by atoms with Gasteiger partial charge in [0.25, 0.3) is 5.91 Å². The zero-order valence-electron chi connectivity index (χ0n) is 14.9. The van der Waals surface area contributed by atoms with Crippen molar-refractivity contribution in [3.05, 3.63) is 35.4 Å². The Morgan fingerprint density at radius 2 is 1.92 bits per heavy atom. The number of hydrogen-bond acceptors (Lipinski definition) is 4. The molecule has 0 spiro atoms. The Kier molecular flexibility index (Phi) is 6.52. The second kappa shape index (κ2) is 8.62. The average Bonchev–Trinajstić information content (AvgIpc) is 2.58. The maximum Gasteiger partial charge on any atom is 0.365 e. The first-order valence-corrected chi connectivity index (χ1v) is 8.47. The smallest absolute Gasteiger partial charge is 0.365 e. The van der Waals surface area contributed by atoms with Crippen LogP contribution in [0.5, 0.6) is 0 Å². The molecule has 25 heavy (non-hydrogen) atoms. The molecule has 0 fully saturated rings. The monoisotopic (exact) mass is 348 g/mol. The van der Waals surface area contributed by atoms with Gasteiger partial charge in [-0.2, -0.15) is 0 Å². The van der Waals surface area contributed by atoms with Crippen molar-refractivity contribution in [2.75, 3.05) is 20.2 Å². The van der Waals surface area contributed by atoms with Crippen LogP contribution in [0, 0.1) is 5.92 Å². The Hall–Kier alpha value is -2.41. The van der Waals surface area contributed by atoms with Gasteiger partial charge in [0, 0.05) is 18.5 Å². The molecular formula is C18H26N3O4+. The SMILES string of the molecule is COC(=O)[C@H]1Cc2ccccc2C[NH+]1CC(=O)NC(=O)NCC(C)C. The van der Waals surface area contributed by atoms with Gasteiger partial charge in [-0.05, 0) is 11.5 Å². The van der Waals surface area contributed by atoms with Crippen LogP contribution >= 0.6 is 0 Å². The second-order valence-electron chi connectivity index (χ2n) is 6.71. The fourth-order valence-corrected chi connectivity index (χ4v) is 2.96. The fourth-order valence-electron chi connectivity index (χ4n) is 2.96. The summed E-state index contributed by atoms with van der Waals surface area (Å²) in [6, 6.07) is 6.89. The number of imide groups is 1. The normalized spacial score (nSPS) is 19.0. The minimum atomic E-state index is -0.509. The van der Waals surface area contributed by atoms with Crippen LogP contribution in [-0.2, 0) is 27.3 Å². The number of amides is 3. The van der Waals surface area contributed by atoms with Crippen LogP contribution in [0.25, 0.3) is 0 Å². The number of methoxy groups -OCH3 is 1. The van der Waals surface area contributed by atoms with Crippen LogP contribution in [0.1, 0.15) is 25.0 Å². The summed E-state index contributed by atoms with van der Waals surface area (Å²) in [5, 5.41) is 4.96. The van der Waals surface area contributed by atoms with Gasteiger partial charge in [0.2, 0.25) is 0 Å². The summed E-state index contributed by atoms with van der Waals surface area (Å²) < 4.78 is 4.89. The predicted octanol–water partition coefficient (Wildman–Crippen LogP) is -0.349. The molecule has 0 aromatic heterocycles. The highest BCUT2D eigenvalue weighted by Gasteiger charge is 2.37. The van der Waals surface area contributed by atoms with E-state index in [1.165, 1.54) is 7.11 Å². The molecule has 1 aromatic rings. The van der Waals surface area contributed by atoms with Crippen molar-refractivity contribution in [1.82, 2.24) is 10.6 Å². The number of esters is 1. The van der Waals surface area contributed by atoms with Gasteiger partial charge in [-0.1, -0.05) is 38.1 Å². The fraction of sp³-hybridized carbons (Fsp3) is 0.500. The summed E-state index contributed by atoms with van der Waals surface area (Å²) in [5.74, 6) is -0.458. The number of fused-ring (bicyclic) bond motifs is 1. The summed E-state index contributed by atoms with van der Waals surface area (Å²) in [6.07, 6.45) is 0.519. The van der Waals surface area contributed by atoms with Crippen LogP contribution in [0.4, 0.5) is 4.79 Å². The van der Waals surface area contributed by atoms with Gasteiger partial charge in [0.1, 0.15) is 6.54 Å². The lowest BCUT2D eigenvalue weighted by atomic mass is 9.94. The summed E-state index contributed by atoms with van der Waals surface area (Å²) in [5.41, 5.74) is 2.20. The Bertz CT molecular complexity index is 645. The lowest BCUT2D eigenvalue weighted by Crippen LogP contribution is -3.17. The largest absolute Gasteiger partial charge is 0.465 e. The van der Waals surface area contributed by atoms with E-state index in [0.29, 0.717) is 25.4 Å². The Morgan fingerprint density at radius 3 is 2.56 bits per heavy atom. The molecule has 0 aliphatic carbocycles. The first kappa shape index (κ1) is 18.9. The molecule has 0 bridgehead atoms. The number of rotatable bonds is 5. The number of nitrogens with one attached hydrogen (secondary N) is 3. The van der Waals surface area contributed by atoms with Crippen molar-refractivity contribution < 1.29 is 24.0 Å². The lowest BCUT2D eigenvalue weighted by Gasteiger charge is -2.31. The zero-order valence-corrected chi connectivity index (χ0v) is 14.9. The number of quaternary nitrogens is 1. The van der Waals surface area contributed by atoms with E-state index in [1.807, 2.05) is 38.1 Å². The van der Waals surface area contributed by atoms with Crippen molar-refractivity contribution >= 4 is 17.9 Å². The van der Waals surface area contributed by atoms with E-state index in [2.05, 4.69) is 10.6 Å². The average molecular weight is 348 g/mol. The number of hydrogen-bond donors (Lipinski definition) is 3. The van der Waals surface area contributed by atoms with Gasteiger partial charge in [-0.3, -0.25) is 10.1 Å². The molecule has 2 rings (SSSR count). The Labute approximate surface area is 147 Å². The molecular weight excluding hydrogens is 322 g/mol. The maximum absolute atomic E-state index is 12.2. The van der Waals surface area contributed by atoms with E-state index < -0.39 is 18.0 Å². The topological polar surface area (TPSA) is 88.9 Å². The van der Waals surface area contributed by atoms with Crippen LogP contribution in [0.2, 0.25) is 0 Å². The van der Waals surface area contributed by atoms with Gasteiger partial charge in [0.15, 0.2) is 12.6 Å². The molecule has 1 unspecified atom stereocenters. The second-order valence-corrected chi connectivity index (χ2v) is 6.71. The van der Waals surface area contributed by atoms with E-state index in [-0.39, 0.29) is 12.5 Å². The van der Waals surface area contributed by atoms with Crippen molar-refractivity contribution in [3.63, 3.8) is 0 Å². The minimum absolute atomic E-state index is 0.0310. The van der Waals surface area contributed by atoms with Crippen LogP contribution < -0.4 is 15.5 Å². The third kappa shape index (κ3) is 5.29. The number of benzene rings is 1. The molecule has 3 amide bonds.